The third-order valence-electron chi connectivity index (χ3n) is 4.74. The molecule has 3 nitrogen and oxygen atoms in total. The van der Waals surface area contributed by atoms with Crippen molar-refractivity contribution in [3.63, 3.8) is 0 Å². The van der Waals surface area contributed by atoms with Gasteiger partial charge in [0.25, 0.3) is 0 Å². The molecule has 29 heavy (non-hydrogen) atoms. The molecule has 4 aromatic carbocycles. The largest absolute Gasteiger partial charge is 0.496 e. The second-order valence-electron chi connectivity index (χ2n) is 6.56. The highest BCUT2D eigenvalue weighted by atomic mass is 16.5. The summed E-state index contributed by atoms with van der Waals surface area (Å²) in [4.78, 5) is 0. The highest BCUT2D eigenvalue weighted by Gasteiger charge is 2.08. The minimum atomic E-state index is 0.769. The van der Waals surface area contributed by atoms with Gasteiger partial charge in [-0.05, 0) is 47.5 Å². The predicted molar refractivity (Wildman–Crippen MR) is 117 cm³/mol. The average molecular weight is 382 g/mol. The zero-order valence-electron chi connectivity index (χ0n) is 16.5. The van der Waals surface area contributed by atoms with E-state index in [2.05, 4.69) is 12.1 Å². The summed E-state index contributed by atoms with van der Waals surface area (Å²) in [5, 5.41) is 0. The normalized spacial score (nSPS) is 10.4. The topological polar surface area (TPSA) is 27.7 Å². The van der Waals surface area contributed by atoms with Crippen LogP contribution in [0.25, 0.3) is 22.3 Å². The maximum Gasteiger partial charge on any atom is 0.128 e. The minimum absolute atomic E-state index is 0.769. The van der Waals surface area contributed by atoms with Gasteiger partial charge in [-0.15, -0.1) is 0 Å². The fourth-order valence-corrected chi connectivity index (χ4v) is 3.36. The molecule has 0 saturated heterocycles. The zero-order valence-corrected chi connectivity index (χ0v) is 16.5. The third-order valence-corrected chi connectivity index (χ3v) is 4.74. The molecule has 0 aromatic heterocycles. The molecule has 0 amide bonds. The summed E-state index contributed by atoms with van der Waals surface area (Å²) < 4.78 is 17.2. The Morgan fingerprint density at radius 1 is 0.483 bits per heavy atom. The fourth-order valence-electron chi connectivity index (χ4n) is 3.36. The molecular weight excluding hydrogens is 360 g/mol. The maximum absolute atomic E-state index is 6.17. The molecule has 144 valence electrons. The van der Waals surface area contributed by atoms with E-state index in [1.807, 2.05) is 84.9 Å². The molecule has 0 heterocycles. The Balaban J connectivity index is 1.64. The molecule has 0 spiro atoms. The van der Waals surface area contributed by atoms with Crippen LogP contribution in [0.3, 0.4) is 0 Å². The van der Waals surface area contributed by atoms with E-state index >= 15 is 0 Å². The van der Waals surface area contributed by atoms with Gasteiger partial charge >= 0.3 is 0 Å². The van der Waals surface area contributed by atoms with E-state index in [-0.39, 0.29) is 0 Å². The quantitative estimate of drug-likeness (QED) is 0.366. The number of benzene rings is 4. The Labute approximate surface area is 171 Å². The molecule has 0 unspecified atom stereocenters. The molecular formula is C26H22O3. The lowest BCUT2D eigenvalue weighted by Gasteiger charge is -2.12. The zero-order chi connectivity index (χ0) is 20.1. The van der Waals surface area contributed by atoms with Crippen LogP contribution in [0.2, 0.25) is 0 Å². The third kappa shape index (κ3) is 4.09. The van der Waals surface area contributed by atoms with E-state index in [4.69, 9.17) is 14.2 Å². The number of ether oxygens (including phenoxy) is 3. The molecule has 0 aliphatic carbocycles. The number of hydrogen-bond acceptors (Lipinski definition) is 3. The number of rotatable bonds is 6. The first kappa shape index (κ1) is 18.6. The van der Waals surface area contributed by atoms with Gasteiger partial charge < -0.3 is 14.2 Å². The van der Waals surface area contributed by atoms with Crippen LogP contribution in [-0.4, -0.2) is 14.2 Å². The molecule has 0 saturated carbocycles. The number of methoxy groups -OCH3 is 2. The van der Waals surface area contributed by atoms with E-state index in [1.165, 1.54) is 0 Å². The monoisotopic (exact) mass is 382 g/mol. The first-order valence-corrected chi connectivity index (χ1v) is 9.43. The molecule has 0 bridgehead atoms. The van der Waals surface area contributed by atoms with Gasteiger partial charge in [-0.2, -0.15) is 0 Å². The second-order valence-corrected chi connectivity index (χ2v) is 6.56. The van der Waals surface area contributed by atoms with E-state index < -0.39 is 0 Å². The van der Waals surface area contributed by atoms with Gasteiger partial charge in [0.2, 0.25) is 0 Å². The Kier molecular flexibility index (Phi) is 5.48. The van der Waals surface area contributed by atoms with Crippen LogP contribution in [0, 0.1) is 0 Å². The summed E-state index contributed by atoms with van der Waals surface area (Å²) in [5.74, 6) is 3.21. The summed E-state index contributed by atoms with van der Waals surface area (Å²) in [7, 11) is 3.37. The highest BCUT2D eigenvalue weighted by Crippen LogP contribution is 2.35. The fraction of sp³-hybridized carbons (Fsp3) is 0.0769. The summed E-state index contributed by atoms with van der Waals surface area (Å²) >= 11 is 0. The average Bonchev–Trinajstić information content (AvgIpc) is 2.79. The van der Waals surface area contributed by atoms with E-state index in [0.717, 1.165) is 45.3 Å². The molecule has 4 aromatic rings. The van der Waals surface area contributed by atoms with Crippen LogP contribution < -0.4 is 14.2 Å². The van der Waals surface area contributed by atoms with Crippen LogP contribution in [0.5, 0.6) is 23.0 Å². The maximum atomic E-state index is 6.17. The van der Waals surface area contributed by atoms with Crippen LogP contribution in [0.4, 0.5) is 0 Å². The summed E-state index contributed by atoms with van der Waals surface area (Å²) in [5.41, 5.74) is 4.15. The molecule has 0 atom stereocenters. The van der Waals surface area contributed by atoms with Crippen molar-refractivity contribution < 1.29 is 14.2 Å². The molecule has 0 aliphatic rings. The highest BCUT2D eigenvalue weighted by molar-refractivity contribution is 5.73. The smallest absolute Gasteiger partial charge is 0.128 e. The van der Waals surface area contributed by atoms with Gasteiger partial charge in [0.1, 0.15) is 23.0 Å². The first-order valence-electron chi connectivity index (χ1n) is 9.43. The lowest BCUT2D eigenvalue weighted by molar-refractivity contribution is 0.416. The van der Waals surface area contributed by atoms with Crippen molar-refractivity contribution in [2.45, 2.75) is 0 Å². The predicted octanol–water partition coefficient (Wildman–Crippen LogP) is 6.83. The van der Waals surface area contributed by atoms with Gasteiger partial charge in [0.15, 0.2) is 0 Å². The van der Waals surface area contributed by atoms with Crippen LogP contribution in [-0.2, 0) is 0 Å². The van der Waals surface area contributed by atoms with Crippen molar-refractivity contribution >= 4 is 0 Å². The van der Waals surface area contributed by atoms with E-state index in [1.54, 1.807) is 14.2 Å². The van der Waals surface area contributed by atoms with Crippen molar-refractivity contribution in [2.24, 2.45) is 0 Å². The van der Waals surface area contributed by atoms with Crippen LogP contribution in [0.15, 0.2) is 97.1 Å². The summed E-state index contributed by atoms with van der Waals surface area (Å²) in [6.07, 6.45) is 0. The Morgan fingerprint density at radius 2 is 0.931 bits per heavy atom. The number of hydrogen-bond donors (Lipinski definition) is 0. The molecule has 0 aliphatic heterocycles. The molecule has 0 fully saturated rings. The molecule has 0 radical (unpaired) electrons. The van der Waals surface area contributed by atoms with Crippen molar-refractivity contribution in [3.05, 3.63) is 97.1 Å². The van der Waals surface area contributed by atoms with Gasteiger partial charge in [0.05, 0.1) is 14.2 Å². The number of para-hydroxylation sites is 2. The van der Waals surface area contributed by atoms with Crippen LogP contribution in [0.1, 0.15) is 0 Å². The summed E-state index contributed by atoms with van der Waals surface area (Å²) in [6, 6.07) is 32.0. The van der Waals surface area contributed by atoms with Crippen molar-refractivity contribution in [1.82, 2.24) is 0 Å². The summed E-state index contributed by atoms with van der Waals surface area (Å²) in [6.45, 7) is 0. The molecule has 4 rings (SSSR count). The standard InChI is InChI=1S/C26H22O3/c1-27-25-15-5-3-13-23(25)19-9-7-11-21(17-19)29-22-12-8-10-20(18-22)24-14-4-6-16-26(24)28-2/h3-18H,1-2H3. The van der Waals surface area contributed by atoms with Gasteiger partial charge in [-0.25, -0.2) is 0 Å². The van der Waals surface area contributed by atoms with E-state index in [0.29, 0.717) is 0 Å². The Bertz CT molecular complexity index is 1030. The van der Waals surface area contributed by atoms with Crippen LogP contribution >= 0.6 is 0 Å². The Morgan fingerprint density at radius 3 is 1.38 bits per heavy atom. The van der Waals surface area contributed by atoms with Gasteiger partial charge in [-0.3, -0.25) is 0 Å². The van der Waals surface area contributed by atoms with E-state index in [9.17, 15) is 0 Å². The second kappa shape index (κ2) is 8.53. The van der Waals surface area contributed by atoms with Crippen molar-refractivity contribution in [2.75, 3.05) is 14.2 Å². The Hall–Kier alpha value is -3.72. The first-order chi connectivity index (χ1) is 14.3. The van der Waals surface area contributed by atoms with Gasteiger partial charge in [-0.1, -0.05) is 60.7 Å². The van der Waals surface area contributed by atoms with Crippen molar-refractivity contribution in [1.29, 1.82) is 0 Å². The van der Waals surface area contributed by atoms with Gasteiger partial charge in [0, 0.05) is 11.1 Å². The molecule has 0 N–H and O–H groups in total. The minimum Gasteiger partial charge on any atom is -0.496 e. The lowest BCUT2D eigenvalue weighted by Crippen LogP contribution is -1.90. The van der Waals surface area contributed by atoms with Crippen molar-refractivity contribution in [3.8, 4) is 45.3 Å². The molecule has 3 heteroatoms. The SMILES string of the molecule is COc1ccccc1-c1cccc(Oc2cccc(-c3ccccc3OC)c2)c1. The lowest BCUT2D eigenvalue weighted by atomic mass is 10.0.